The Labute approximate surface area is 563 Å². The van der Waals surface area contributed by atoms with Crippen LogP contribution < -0.4 is 99.5 Å². The highest BCUT2D eigenvalue weighted by molar-refractivity contribution is 5.99. The Morgan fingerprint density at radius 1 is 0.629 bits per heavy atom. The van der Waals surface area contributed by atoms with Crippen LogP contribution in [0.25, 0.3) is 0 Å². The van der Waals surface area contributed by atoms with Gasteiger partial charge in [-0.2, -0.15) is 0 Å². The van der Waals surface area contributed by atoms with Crippen molar-refractivity contribution >= 4 is 82.9 Å². The molecule has 28 N–H and O–H groups in total. The predicted octanol–water partition coefficient (Wildman–Crippen LogP) is -5.34. The number of nitrogens with zero attached hydrogens (tertiary/aromatic N) is 4. The third kappa shape index (κ3) is 28.4. The molecule has 2 aromatic rings. The molecule has 2 aliphatic heterocycles. The van der Waals surface area contributed by atoms with Gasteiger partial charge in [-0.15, -0.1) is 0 Å². The number of hydrogen-bond acceptors (Lipinski definition) is 17. The largest absolute Gasteiger partial charge is 0.508 e. The molecule has 34 nitrogen and oxygen atoms in total. The van der Waals surface area contributed by atoms with Crippen molar-refractivity contribution in [1.82, 2.24) is 52.8 Å². The number of nitrogens with two attached hydrogens (primary N) is 9. The van der Waals surface area contributed by atoms with E-state index in [0.717, 1.165) is 0 Å². The molecule has 4 rings (SSSR count). The fourth-order valence-electron chi connectivity index (χ4n) is 10.7. The Morgan fingerprint density at radius 3 is 1.77 bits per heavy atom. The van der Waals surface area contributed by atoms with E-state index in [-0.39, 0.29) is 127 Å². The van der Waals surface area contributed by atoms with Gasteiger partial charge in [-0.25, -0.2) is 0 Å². The molecular formula is C63H100N22O12. The van der Waals surface area contributed by atoms with Gasteiger partial charge in [-0.3, -0.25) is 67.7 Å². The molecule has 1 saturated heterocycles. The minimum Gasteiger partial charge on any atom is -0.508 e. The molecule has 34 heteroatoms. The lowest BCUT2D eigenvalue weighted by molar-refractivity contribution is -0.142. The standard InChI is InChI=1S/C63H100N22O12/c1-3-36(2)50(59(96)83-46(22-13-31-75-63(71)72)60(97)85-32-14-23-48(85)58(95)78-41(51(66)88)17-9-10-28-64)84-56(93)45(21-12-30-74-62(69)70)81-55(92)44(20-11-29-73-61(67)68)80-54(91)43-19-8-7-18-42(79-52(89)40(65)33-38-24-26-39(86)27-25-38)53(90)76-35-49(87)77-47(57(94)82-43)34-37-15-5-4-6-16-37/h4-8,15-16,24-27,36,40-48,50,86H,3,9-14,17-23,28-35,64-65H2,1-2H3,(H2,66,88)(H,76,90)(H,77,87)(H,78,95)(H,79,89)(H,80,91)(H,81,92)(H,82,94)(H,83,96)(H,84,93)(H4,67,68,73)(H4,69,70,74)(H4,71,72,75)/b8-7+/t36-,40-,41-,42+,43-,44-,45-,46-,47-,48-,50-/m0/s1. The molecule has 2 aliphatic rings. The number of carbonyl (C=O) groups excluding carboxylic acids is 11. The molecule has 1 fully saturated rings. The Morgan fingerprint density at radius 2 is 1.19 bits per heavy atom. The monoisotopic (exact) mass is 1360 g/mol. The molecule has 0 spiro atoms. The van der Waals surface area contributed by atoms with E-state index >= 15 is 0 Å². The number of rotatable bonds is 36. The lowest BCUT2D eigenvalue weighted by Gasteiger charge is -2.32. The zero-order chi connectivity index (χ0) is 71.6. The maximum Gasteiger partial charge on any atom is 0.245 e. The van der Waals surface area contributed by atoms with Crippen LogP contribution in [0.4, 0.5) is 0 Å². The third-order valence-corrected chi connectivity index (χ3v) is 16.2. The Bertz CT molecular complexity index is 3090. The summed E-state index contributed by atoms with van der Waals surface area (Å²) >= 11 is 0. The number of phenolic OH excluding ortho intramolecular Hbond substituents is 1. The summed E-state index contributed by atoms with van der Waals surface area (Å²) in [6.45, 7) is 3.33. The van der Waals surface area contributed by atoms with E-state index in [9.17, 15) is 57.8 Å². The molecule has 0 bridgehead atoms. The number of amides is 11. The number of unbranched alkanes of at least 4 members (excludes halogenated alkanes) is 1. The zero-order valence-electron chi connectivity index (χ0n) is 55.2. The van der Waals surface area contributed by atoms with Crippen molar-refractivity contribution in [3.63, 3.8) is 0 Å². The first-order valence-electron chi connectivity index (χ1n) is 32.6. The molecular weight excluding hydrogens is 1260 g/mol. The van der Waals surface area contributed by atoms with E-state index < -0.39 is 138 Å². The molecule has 97 heavy (non-hydrogen) atoms. The lowest BCUT2D eigenvalue weighted by Crippen LogP contribution is -2.61. The summed E-state index contributed by atoms with van der Waals surface area (Å²) in [5.41, 5.74) is 52.4. The maximum absolute atomic E-state index is 14.8. The molecule has 0 aromatic heterocycles. The maximum atomic E-state index is 14.8. The van der Waals surface area contributed by atoms with Crippen LogP contribution in [0, 0.1) is 5.92 Å². The SMILES string of the molecule is CC[C@H](C)[C@H](NC(=O)[C@H](CCCN=C(N)N)NC(=O)[C@H](CCCN=C(N)N)NC(=O)[C@@H]1C/C=C/C[C@@H](NC(=O)[C@@H](N)Cc2ccc(O)cc2)C(=O)NCC(=O)N[C@@H](Cc2ccccc2)C(=O)N1)C(=O)N[C@@H](CCCN=C(N)N)C(=O)N1CCC[C@H]1C(=O)N[C@@H](CCCCN)C(N)=O. The van der Waals surface area contributed by atoms with Gasteiger partial charge in [-0.05, 0) is 126 Å². The van der Waals surface area contributed by atoms with Gasteiger partial charge in [0.05, 0.1) is 12.6 Å². The van der Waals surface area contributed by atoms with Gasteiger partial charge in [0.2, 0.25) is 65.0 Å². The first-order valence-corrected chi connectivity index (χ1v) is 32.6. The molecule has 11 amide bonds. The number of nitrogens with one attached hydrogen (secondary N) is 9. The predicted molar refractivity (Wildman–Crippen MR) is 363 cm³/mol. The summed E-state index contributed by atoms with van der Waals surface area (Å²) < 4.78 is 0. The van der Waals surface area contributed by atoms with E-state index in [1.54, 1.807) is 56.3 Å². The normalized spacial score (nSPS) is 19.1. The first-order chi connectivity index (χ1) is 46.2. The summed E-state index contributed by atoms with van der Waals surface area (Å²) in [5, 5.41) is 33.9. The highest BCUT2D eigenvalue weighted by Gasteiger charge is 2.41. The van der Waals surface area contributed by atoms with E-state index in [2.05, 4.69) is 62.8 Å². The molecule has 11 atom stereocenters. The second kappa shape index (κ2) is 41.7. The van der Waals surface area contributed by atoms with Gasteiger partial charge in [0.15, 0.2) is 17.9 Å². The van der Waals surface area contributed by atoms with Crippen LogP contribution in [-0.2, 0) is 65.6 Å². The average Bonchev–Trinajstić information content (AvgIpc) is 1.77. The second-order valence-electron chi connectivity index (χ2n) is 23.9. The lowest BCUT2D eigenvalue weighted by atomic mass is 9.96. The summed E-state index contributed by atoms with van der Waals surface area (Å²) in [5.74, 6) is -9.95. The van der Waals surface area contributed by atoms with Crippen LogP contribution in [0.15, 0.2) is 81.7 Å². The van der Waals surface area contributed by atoms with E-state index in [0.29, 0.717) is 43.4 Å². The van der Waals surface area contributed by atoms with Crippen molar-refractivity contribution in [2.24, 2.45) is 72.5 Å². The minimum absolute atomic E-state index is 0.00690. The third-order valence-electron chi connectivity index (χ3n) is 16.2. The Hall–Kier alpha value is -10.1. The van der Waals surface area contributed by atoms with Gasteiger partial charge in [-0.1, -0.05) is 74.9 Å². The fourth-order valence-corrected chi connectivity index (χ4v) is 10.7. The number of benzene rings is 2. The quantitative estimate of drug-likeness (QED) is 0.0131. The zero-order valence-corrected chi connectivity index (χ0v) is 55.2. The smallest absolute Gasteiger partial charge is 0.245 e. The molecule has 0 radical (unpaired) electrons. The Balaban J connectivity index is 1.68. The van der Waals surface area contributed by atoms with Crippen LogP contribution in [-0.4, -0.2) is 193 Å². The van der Waals surface area contributed by atoms with Gasteiger partial charge >= 0.3 is 0 Å². The molecule has 0 unspecified atom stereocenters. The number of phenols is 1. The van der Waals surface area contributed by atoms with Crippen molar-refractivity contribution in [1.29, 1.82) is 0 Å². The van der Waals surface area contributed by atoms with Crippen molar-refractivity contribution in [3.05, 3.63) is 77.9 Å². The van der Waals surface area contributed by atoms with Crippen molar-refractivity contribution in [2.45, 2.75) is 177 Å². The van der Waals surface area contributed by atoms with Gasteiger partial charge < -0.3 is 109 Å². The van der Waals surface area contributed by atoms with Crippen LogP contribution in [0.2, 0.25) is 0 Å². The number of aromatic hydroxyl groups is 1. The Kier molecular flexibility index (Phi) is 34.1. The fraction of sp³-hybridized carbons (Fsp3) is 0.556. The van der Waals surface area contributed by atoms with Crippen LogP contribution in [0.5, 0.6) is 5.75 Å². The number of guanidine groups is 3. The number of likely N-dealkylation sites (tertiary alicyclic amines) is 1. The first kappa shape index (κ1) is 79.3. The molecule has 2 heterocycles. The van der Waals surface area contributed by atoms with Crippen molar-refractivity contribution in [3.8, 4) is 5.75 Å². The highest BCUT2D eigenvalue weighted by atomic mass is 16.3. The number of carbonyl (C=O) groups is 11. The summed E-state index contributed by atoms with van der Waals surface area (Å²) in [6, 6.07) is 1.70. The molecule has 0 aliphatic carbocycles. The summed E-state index contributed by atoms with van der Waals surface area (Å²) in [4.78, 5) is 168. The van der Waals surface area contributed by atoms with Gasteiger partial charge in [0.25, 0.3) is 0 Å². The molecule has 0 saturated carbocycles. The van der Waals surface area contributed by atoms with Crippen LogP contribution >= 0.6 is 0 Å². The van der Waals surface area contributed by atoms with Crippen molar-refractivity contribution < 1.29 is 57.8 Å². The van der Waals surface area contributed by atoms with E-state index in [4.69, 9.17) is 51.6 Å². The molecule has 534 valence electrons. The molecule has 2 aromatic carbocycles. The van der Waals surface area contributed by atoms with E-state index in [1.165, 1.54) is 29.2 Å². The van der Waals surface area contributed by atoms with Crippen molar-refractivity contribution in [2.75, 3.05) is 39.3 Å². The van der Waals surface area contributed by atoms with Gasteiger partial charge in [0, 0.05) is 32.6 Å². The summed E-state index contributed by atoms with van der Waals surface area (Å²) in [6.07, 6.45) is 4.71. The highest BCUT2D eigenvalue weighted by Crippen LogP contribution is 2.22. The summed E-state index contributed by atoms with van der Waals surface area (Å²) in [7, 11) is 0. The topological polar surface area (TPSA) is 591 Å². The van der Waals surface area contributed by atoms with Crippen LogP contribution in [0.1, 0.15) is 115 Å². The second-order valence-corrected chi connectivity index (χ2v) is 23.9. The van der Waals surface area contributed by atoms with Gasteiger partial charge in [0.1, 0.15) is 60.1 Å². The average molecular weight is 1360 g/mol. The van der Waals surface area contributed by atoms with E-state index in [1.807, 2.05) is 0 Å². The number of hydrogen-bond donors (Lipinski definition) is 19. The van der Waals surface area contributed by atoms with Crippen LogP contribution in [0.3, 0.4) is 0 Å². The number of aliphatic imine (C=N–C) groups is 3. The number of primary amides is 1. The minimum atomic E-state index is -1.49.